The molecule has 0 saturated heterocycles. The van der Waals surface area contributed by atoms with E-state index in [9.17, 15) is 4.79 Å². The van der Waals surface area contributed by atoms with E-state index in [2.05, 4.69) is 20.1 Å². The van der Waals surface area contributed by atoms with Crippen molar-refractivity contribution in [3.63, 3.8) is 0 Å². The van der Waals surface area contributed by atoms with E-state index in [1.165, 1.54) is 6.07 Å². The van der Waals surface area contributed by atoms with Crippen LogP contribution in [-0.2, 0) is 7.05 Å². The highest BCUT2D eigenvalue weighted by Crippen LogP contribution is 2.35. The van der Waals surface area contributed by atoms with Gasteiger partial charge in [0, 0.05) is 48.2 Å². The van der Waals surface area contributed by atoms with Crippen LogP contribution in [-0.4, -0.2) is 24.7 Å². The van der Waals surface area contributed by atoms with E-state index in [1.807, 2.05) is 31.4 Å². The lowest BCUT2D eigenvalue weighted by Crippen LogP contribution is -2.05. The number of aryl methyl sites for hydroxylation is 1. The number of halogens is 1. The second-order valence-corrected chi connectivity index (χ2v) is 5.78. The highest BCUT2D eigenvalue weighted by atomic mass is 35.5. The van der Waals surface area contributed by atoms with E-state index in [0.717, 1.165) is 16.5 Å². The number of rotatable bonds is 2. The number of nitrogens with zero attached hydrogens (tertiary/aromatic N) is 4. The molecule has 4 rings (SSSR count). The first-order valence-corrected chi connectivity index (χ1v) is 7.63. The van der Waals surface area contributed by atoms with Gasteiger partial charge in [-0.25, -0.2) is 4.98 Å². The van der Waals surface area contributed by atoms with Gasteiger partial charge in [0.25, 0.3) is 0 Å². The Morgan fingerprint density at radius 2 is 2.04 bits per heavy atom. The molecule has 0 amide bonds. The zero-order valence-electron chi connectivity index (χ0n) is 12.7. The number of hydrogen-bond acceptors (Lipinski definition) is 4. The molecule has 0 aliphatic carbocycles. The second kappa shape index (κ2) is 5.58. The molecule has 0 unspecified atom stereocenters. The van der Waals surface area contributed by atoms with Crippen LogP contribution in [0.4, 0.5) is 0 Å². The van der Waals surface area contributed by atoms with Crippen molar-refractivity contribution < 1.29 is 0 Å². The van der Waals surface area contributed by atoms with Crippen LogP contribution in [0.3, 0.4) is 0 Å². The van der Waals surface area contributed by atoms with Crippen molar-refractivity contribution in [2.24, 2.45) is 7.05 Å². The summed E-state index contributed by atoms with van der Waals surface area (Å²) in [6.07, 6.45) is 5.11. The summed E-state index contributed by atoms with van der Waals surface area (Å²) in [5.74, 6) is 0. The quantitative estimate of drug-likeness (QED) is 0.610. The molecular weight excluding hydrogens is 326 g/mol. The maximum absolute atomic E-state index is 11.6. The summed E-state index contributed by atoms with van der Waals surface area (Å²) in [5, 5.41) is 5.77. The zero-order valence-corrected chi connectivity index (χ0v) is 13.4. The number of aromatic amines is 1. The highest BCUT2D eigenvalue weighted by molar-refractivity contribution is 6.33. The zero-order chi connectivity index (χ0) is 16.7. The van der Waals surface area contributed by atoms with Gasteiger partial charge in [0.05, 0.1) is 5.02 Å². The van der Waals surface area contributed by atoms with Gasteiger partial charge < -0.3 is 4.98 Å². The predicted octanol–water partition coefficient (Wildman–Crippen LogP) is 3.04. The van der Waals surface area contributed by atoms with Crippen LogP contribution in [0.2, 0.25) is 5.02 Å². The van der Waals surface area contributed by atoms with Crippen LogP contribution in [0.15, 0.2) is 53.7 Å². The maximum atomic E-state index is 11.6. The summed E-state index contributed by atoms with van der Waals surface area (Å²) >= 11 is 6.33. The van der Waals surface area contributed by atoms with E-state index < -0.39 is 0 Å². The van der Waals surface area contributed by atoms with Crippen molar-refractivity contribution in [1.82, 2.24) is 24.7 Å². The monoisotopic (exact) mass is 337 g/mol. The molecule has 0 aromatic carbocycles. The van der Waals surface area contributed by atoms with E-state index >= 15 is 0 Å². The summed E-state index contributed by atoms with van der Waals surface area (Å²) in [6, 6.07) is 8.87. The molecule has 24 heavy (non-hydrogen) atoms. The number of aromatic nitrogens is 5. The van der Waals surface area contributed by atoms with Crippen molar-refractivity contribution in [2.45, 2.75) is 0 Å². The molecule has 0 atom stereocenters. The van der Waals surface area contributed by atoms with E-state index in [4.69, 9.17) is 11.6 Å². The maximum Gasteiger partial charge on any atom is 0.249 e. The van der Waals surface area contributed by atoms with Crippen molar-refractivity contribution in [3.8, 4) is 22.5 Å². The standard InChI is InChI=1S/C17H12ClN5O/c1-23-7-5-14(22-23)16-12(11-4-6-19-9-13(11)18)8-10-2-3-15(24)20-17(10)21-16/h2-9H,1H3,(H,20,21,24). The molecule has 4 aromatic rings. The molecule has 4 heterocycles. The third-order valence-electron chi connectivity index (χ3n) is 3.73. The van der Waals surface area contributed by atoms with Gasteiger partial charge in [0.2, 0.25) is 5.56 Å². The molecule has 0 bridgehead atoms. The third kappa shape index (κ3) is 2.47. The molecule has 7 heteroatoms. The second-order valence-electron chi connectivity index (χ2n) is 5.38. The molecule has 0 saturated carbocycles. The smallest absolute Gasteiger partial charge is 0.249 e. The molecule has 0 aliphatic rings. The van der Waals surface area contributed by atoms with Crippen molar-refractivity contribution in [2.75, 3.05) is 0 Å². The Kier molecular flexibility index (Phi) is 3.39. The molecular formula is C17H12ClN5O. The molecule has 0 aliphatic heterocycles. The van der Waals surface area contributed by atoms with Gasteiger partial charge in [-0.05, 0) is 24.3 Å². The first-order chi connectivity index (χ1) is 11.6. The largest absolute Gasteiger partial charge is 0.307 e. The lowest BCUT2D eigenvalue weighted by Gasteiger charge is -2.10. The normalized spacial score (nSPS) is 11.1. The highest BCUT2D eigenvalue weighted by Gasteiger charge is 2.16. The summed E-state index contributed by atoms with van der Waals surface area (Å²) in [7, 11) is 1.84. The Morgan fingerprint density at radius 1 is 1.17 bits per heavy atom. The van der Waals surface area contributed by atoms with E-state index in [0.29, 0.717) is 22.1 Å². The van der Waals surface area contributed by atoms with Crippen LogP contribution >= 0.6 is 11.6 Å². The van der Waals surface area contributed by atoms with Gasteiger partial charge in [-0.1, -0.05) is 11.6 Å². The summed E-state index contributed by atoms with van der Waals surface area (Å²) < 4.78 is 1.70. The van der Waals surface area contributed by atoms with Crippen LogP contribution < -0.4 is 5.56 Å². The minimum atomic E-state index is -0.198. The number of pyridine rings is 3. The van der Waals surface area contributed by atoms with Gasteiger partial charge in [-0.3, -0.25) is 14.5 Å². The molecule has 0 radical (unpaired) electrons. The lowest BCUT2D eigenvalue weighted by atomic mass is 10.0. The van der Waals surface area contributed by atoms with Gasteiger partial charge in [-0.15, -0.1) is 0 Å². The van der Waals surface area contributed by atoms with Gasteiger partial charge in [-0.2, -0.15) is 5.10 Å². The molecule has 4 aromatic heterocycles. The predicted molar refractivity (Wildman–Crippen MR) is 92.8 cm³/mol. The summed E-state index contributed by atoms with van der Waals surface area (Å²) in [5.41, 5.74) is 3.31. The average Bonchev–Trinajstić information content (AvgIpc) is 3.00. The Bertz CT molecular complexity index is 1120. The van der Waals surface area contributed by atoms with Gasteiger partial charge >= 0.3 is 0 Å². The van der Waals surface area contributed by atoms with Crippen LogP contribution in [0, 0.1) is 0 Å². The van der Waals surface area contributed by atoms with E-state index in [1.54, 1.807) is 23.1 Å². The number of hydrogen-bond donors (Lipinski definition) is 1. The number of nitrogens with one attached hydrogen (secondary N) is 1. The lowest BCUT2D eigenvalue weighted by molar-refractivity contribution is 0.770. The molecule has 1 N–H and O–H groups in total. The topological polar surface area (TPSA) is 76.5 Å². The summed E-state index contributed by atoms with van der Waals surface area (Å²) in [4.78, 5) is 23.0. The molecule has 6 nitrogen and oxygen atoms in total. The Morgan fingerprint density at radius 3 is 2.79 bits per heavy atom. The van der Waals surface area contributed by atoms with Crippen LogP contribution in [0.1, 0.15) is 0 Å². The minimum absolute atomic E-state index is 0.198. The van der Waals surface area contributed by atoms with Crippen molar-refractivity contribution in [3.05, 3.63) is 64.3 Å². The molecule has 0 spiro atoms. The number of fused-ring (bicyclic) bond motifs is 1. The Labute approximate surface area is 141 Å². The third-order valence-corrected chi connectivity index (χ3v) is 4.03. The van der Waals surface area contributed by atoms with Crippen molar-refractivity contribution in [1.29, 1.82) is 0 Å². The fraction of sp³-hybridized carbons (Fsp3) is 0.0588. The van der Waals surface area contributed by atoms with E-state index in [-0.39, 0.29) is 5.56 Å². The molecule has 0 fully saturated rings. The number of H-pyrrole nitrogens is 1. The fourth-order valence-electron chi connectivity index (χ4n) is 2.62. The first kappa shape index (κ1) is 14.6. The Hall–Kier alpha value is -2.99. The van der Waals surface area contributed by atoms with Crippen LogP contribution in [0.25, 0.3) is 33.5 Å². The fourth-order valence-corrected chi connectivity index (χ4v) is 2.84. The average molecular weight is 338 g/mol. The van der Waals surface area contributed by atoms with Gasteiger partial charge in [0.15, 0.2) is 0 Å². The SMILES string of the molecule is Cn1ccc(-c2nc3[nH]c(=O)ccc3cc2-c2ccncc2Cl)n1. The Balaban J connectivity index is 2.08. The van der Waals surface area contributed by atoms with Crippen LogP contribution in [0.5, 0.6) is 0 Å². The summed E-state index contributed by atoms with van der Waals surface area (Å²) in [6.45, 7) is 0. The van der Waals surface area contributed by atoms with Crippen molar-refractivity contribution >= 4 is 22.6 Å². The molecule has 118 valence electrons. The first-order valence-electron chi connectivity index (χ1n) is 7.26. The minimum Gasteiger partial charge on any atom is -0.307 e. The van der Waals surface area contributed by atoms with Gasteiger partial charge in [0.1, 0.15) is 17.0 Å².